The molecule has 0 bridgehead atoms. The Morgan fingerprint density at radius 1 is 0.511 bits per heavy atom. The lowest BCUT2D eigenvalue weighted by molar-refractivity contribution is 0.595. The summed E-state index contributed by atoms with van der Waals surface area (Å²) in [5.74, 6) is -0.0442. The van der Waals surface area contributed by atoms with Crippen LogP contribution in [-0.2, 0) is 21.3 Å². The summed E-state index contributed by atoms with van der Waals surface area (Å²) in [6.07, 6.45) is 0. The first-order chi connectivity index (χ1) is 22.0. The van der Waals surface area contributed by atoms with Crippen LogP contribution in [0.5, 0.6) is 0 Å². The Labute approximate surface area is 259 Å². The monoisotopic (exact) mass is 599 g/mol. The molecule has 1 aliphatic rings. The van der Waals surface area contributed by atoms with Crippen molar-refractivity contribution in [3.63, 3.8) is 0 Å². The van der Waals surface area contributed by atoms with E-state index >= 15 is 0 Å². The van der Waals surface area contributed by atoms with Crippen LogP contribution in [0.2, 0.25) is 0 Å². The lowest BCUT2D eigenvalue weighted by Crippen LogP contribution is -2.06. The average Bonchev–Trinajstić information content (AvgIpc) is 3.53. The van der Waals surface area contributed by atoms with Gasteiger partial charge in [-0.3, -0.25) is 0 Å². The number of para-hydroxylation sites is 3. The van der Waals surface area contributed by atoms with Gasteiger partial charge in [-0.2, -0.15) is 5.26 Å². The van der Waals surface area contributed by atoms with Gasteiger partial charge in [0.2, 0.25) is 0 Å². The third-order valence-corrected chi connectivity index (χ3v) is 10.6. The lowest BCUT2D eigenvalue weighted by atomic mass is 9.95. The van der Waals surface area contributed by atoms with Crippen molar-refractivity contribution in [1.82, 2.24) is 9.13 Å². The summed E-state index contributed by atoms with van der Waals surface area (Å²) < 4.78 is 31.5. The number of rotatable bonds is 2. The first-order valence-electron chi connectivity index (χ1n) is 14.9. The third-order valence-electron chi connectivity index (χ3n) is 9.12. The molecule has 0 N–H and O–H groups in total. The van der Waals surface area contributed by atoms with E-state index in [1.165, 1.54) is 10.8 Å². The largest absolute Gasteiger partial charge is 0.309 e. The van der Waals surface area contributed by atoms with Gasteiger partial charge in [-0.1, -0.05) is 66.7 Å². The van der Waals surface area contributed by atoms with Crippen LogP contribution in [0.1, 0.15) is 16.7 Å². The van der Waals surface area contributed by atoms with Crippen LogP contribution in [0.3, 0.4) is 0 Å². The zero-order valence-corrected chi connectivity index (χ0v) is 24.9. The zero-order chi connectivity index (χ0) is 30.3. The summed E-state index contributed by atoms with van der Waals surface area (Å²) in [7, 11) is -3.41. The summed E-state index contributed by atoms with van der Waals surface area (Å²) in [4.78, 5) is 0. The second-order valence-electron chi connectivity index (χ2n) is 11.8. The molecule has 9 rings (SSSR count). The van der Waals surface area contributed by atoms with E-state index in [1.54, 1.807) is 0 Å². The predicted octanol–water partition coefficient (Wildman–Crippen LogP) is 8.85. The van der Waals surface area contributed by atoms with Crippen LogP contribution in [0.25, 0.3) is 66.1 Å². The van der Waals surface area contributed by atoms with Crippen molar-refractivity contribution in [2.45, 2.75) is 11.5 Å². The van der Waals surface area contributed by atoms with Crippen molar-refractivity contribution in [3.05, 3.63) is 144 Å². The Morgan fingerprint density at radius 2 is 1.04 bits per heavy atom. The van der Waals surface area contributed by atoms with Crippen molar-refractivity contribution in [2.24, 2.45) is 0 Å². The summed E-state index contributed by atoms with van der Waals surface area (Å²) in [5, 5.41) is 14.0. The fourth-order valence-electron chi connectivity index (χ4n) is 7.23. The summed E-state index contributed by atoms with van der Waals surface area (Å²) in [5.41, 5.74) is 10.2. The summed E-state index contributed by atoms with van der Waals surface area (Å²) in [6.45, 7) is 0. The molecule has 6 heteroatoms. The maximum Gasteiger partial charge on any atom is 0.158 e. The van der Waals surface area contributed by atoms with E-state index in [4.69, 9.17) is 0 Å². The van der Waals surface area contributed by atoms with Gasteiger partial charge < -0.3 is 9.13 Å². The average molecular weight is 600 g/mol. The molecule has 2 aromatic heterocycles. The number of hydrogen-bond donors (Lipinski definition) is 0. The van der Waals surface area contributed by atoms with Crippen LogP contribution >= 0.6 is 0 Å². The summed E-state index contributed by atoms with van der Waals surface area (Å²) in [6, 6.07) is 45.3. The Hall–Kier alpha value is -5.64. The standard InChI is InChI=1S/C39H25N3O2S/c40-22-25-13-18-39-35(19-25)33-9-3-6-12-38(33)41(39)28-16-17-30-27(20-28)24-45(43,44)23-26-14-15-29(21-34(26)30)42-36-10-4-1-7-31(36)32-8-2-5-11-37(32)42/h1-21H,23-24H2. The maximum absolute atomic E-state index is 13.5. The number of fused-ring (bicyclic) bond motifs is 9. The molecule has 3 heterocycles. The normalized spacial score (nSPS) is 13.9. The third kappa shape index (κ3) is 3.88. The molecule has 45 heavy (non-hydrogen) atoms. The number of aromatic nitrogens is 2. The smallest absolute Gasteiger partial charge is 0.158 e. The SMILES string of the molecule is N#Cc1ccc2c(c1)c1ccccc1n2-c1ccc2c(c1)CS(=O)(=O)Cc1ccc(-n3c4ccccc4c4ccccc43)cc1-2. The fourth-order valence-corrected chi connectivity index (χ4v) is 8.77. The van der Waals surface area contributed by atoms with Crippen molar-refractivity contribution < 1.29 is 8.42 Å². The number of sulfone groups is 1. The highest BCUT2D eigenvalue weighted by Crippen LogP contribution is 2.40. The number of nitrogens with zero attached hydrogens (tertiary/aromatic N) is 3. The van der Waals surface area contributed by atoms with E-state index < -0.39 is 9.84 Å². The first kappa shape index (κ1) is 25.8. The molecule has 1 aliphatic heterocycles. The van der Waals surface area contributed by atoms with Crippen molar-refractivity contribution in [1.29, 1.82) is 5.26 Å². The Kier molecular flexibility index (Phi) is 5.41. The van der Waals surface area contributed by atoms with Crippen LogP contribution in [0.15, 0.2) is 127 Å². The predicted molar refractivity (Wildman–Crippen MR) is 182 cm³/mol. The number of hydrogen-bond acceptors (Lipinski definition) is 3. The van der Waals surface area contributed by atoms with Gasteiger partial charge in [0, 0.05) is 32.9 Å². The molecule has 0 radical (unpaired) electrons. The van der Waals surface area contributed by atoms with E-state index in [0.717, 1.165) is 66.5 Å². The second kappa shape index (κ2) is 9.43. The molecule has 0 saturated carbocycles. The van der Waals surface area contributed by atoms with Crippen molar-refractivity contribution in [3.8, 4) is 28.6 Å². The van der Waals surface area contributed by atoms with Gasteiger partial charge in [0.15, 0.2) is 9.84 Å². The molecular formula is C39H25N3O2S. The van der Waals surface area contributed by atoms with Crippen molar-refractivity contribution in [2.75, 3.05) is 0 Å². The molecule has 8 aromatic rings. The summed E-state index contributed by atoms with van der Waals surface area (Å²) >= 11 is 0. The molecule has 0 atom stereocenters. The van der Waals surface area contributed by atoms with E-state index in [9.17, 15) is 13.7 Å². The van der Waals surface area contributed by atoms with E-state index in [1.807, 2.05) is 48.5 Å². The second-order valence-corrected chi connectivity index (χ2v) is 13.8. The minimum Gasteiger partial charge on any atom is -0.309 e. The van der Waals surface area contributed by atoms with Crippen LogP contribution in [-0.4, -0.2) is 17.6 Å². The van der Waals surface area contributed by atoms with Gasteiger partial charge >= 0.3 is 0 Å². The highest BCUT2D eigenvalue weighted by atomic mass is 32.2. The Balaban J connectivity index is 1.28. The van der Waals surface area contributed by atoms with E-state index in [2.05, 4.69) is 94.1 Å². The van der Waals surface area contributed by atoms with Crippen molar-refractivity contribution >= 4 is 53.4 Å². The van der Waals surface area contributed by atoms with Gasteiger partial charge in [0.05, 0.1) is 45.2 Å². The van der Waals surface area contributed by atoms with Gasteiger partial charge in [-0.05, 0) is 82.9 Å². The highest BCUT2D eigenvalue weighted by molar-refractivity contribution is 7.89. The quantitative estimate of drug-likeness (QED) is 0.199. The molecule has 5 nitrogen and oxygen atoms in total. The molecule has 0 unspecified atom stereocenters. The molecule has 6 aromatic carbocycles. The van der Waals surface area contributed by atoms with E-state index in [-0.39, 0.29) is 11.5 Å². The molecule has 0 saturated heterocycles. The Morgan fingerprint density at radius 3 is 1.69 bits per heavy atom. The minimum atomic E-state index is -3.41. The van der Waals surface area contributed by atoms with Gasteiger partial charge in [0.25, 0.3) is 0 Å². The minimum absolute atomic E-state index is 0.00782. The van der Waals surface area contributed by atoms with E-state index in [0.29, 0.717) is 5.56 Å². The van der Waals surface area contributed by atoms with Crippen LogP contribution < -0.4 is 0 Å². The first-order valence-corrected chi connectivity index (χ1v) is 16.7. The maximum atomic E-state index is 13.5. The zero-order valence-electron chi connectivity index (χ0n) is 24.1. The fraction of sp³-hybridized carbons (Fsp3) is 0.0513. The number of benzene rings is 6. The topological polar surface area (TPSA) is 67.8 Å². The van der Waals surface area contributed by atoms with Crippen LogP contribution in [0, 0.1) is 11.3 Å². The molecule has 0 amide bonds. The van der Waals surface area contributed by atoms with Gasteiger partial charge in [-0.15, -0.1) is 0 Å². The van der Waals surface area contributed by atoms with Gasteiger partial charge in [0.1, 0.15) is 0 Å². The molecular weight excluding hydrogens is 575 g/mol. The lowest BCUT2D eigenvalue weighted by Gasteiger charge is -2.15. The highest BCUT2D eigenvalue weighted by Gasteiger charge is 2.26. The van der Waals surface area contributed by atoms with Gasteiger partial charge in [-0.25, -0.2) is 8.42 Å². The molecule has 0 spiro atoms. The number of nitriles is 1. The molecule has 214 valence electrons. The molecule has 0 fully saturated rings. The molecule has 0 aliphatic carbocycles. The van der Waals surface area contributed by atoms with Crippen LogP contribution in [0.4, 0.5) is 0 Å². The Bertz CT molecular complexity index is 2640.